The Morgan fingerprint density at radius 2 is 2.07 bits per heavy atom. The van der Waals surface area contributed by atoms with Crippen LogP contribution in [0.1, 0.15) is 11.3 Å². The van der Waals surface area contributed by atoms with Gasteiger partial charge in [-0.15, -0.1) is 0 Å². The first-order valence-corrected chi connectivity index (χ1v) is 9.06. The molecule has 0 bridgehead atoms. The molecule has 8 nitrogen and oxygen atoms in total. The zero-order chi connectivity index (χ0) is 20.5. The first-order chi connectivity index (χ1) is 14.0. The standard InChI is InChI=1S/C20H21FN4O4/c1-11-6-14-15(24-11)4-5-16(18(14)21)29-20-19-12(2)17(7-25(19)23-10-22-20)28-9-13(26)8-27-3/h4-7,10,13,24,26H,8-9H2,1-3H3. The lowest BCUT2D eigenvalue weighted by Crippen LogP contribution is -2.22. The molecule has 0 fully saturated rings. The third-order valence-electron chi connectivity index (χ3n) is 4.58. The fourth-order valence-corrected chi connectivity index (χ4v) is 3.22. The normalized spacial score (nSPS) is 12.6. The van der Waals surface area contributed by atoms with Crippen LogP contribution in [0.4, 0.5) is 4.39 Å². The van der Waals surface area contributed by atoms with Gasteiger partial charge in [-0.25, -0.2) is 8.91 Å². The number of methoxy groups -OCH3 is 1. The van der Waals surface area contributed by atoms with Crippen molar-refractivity contribution < 1.29 is 23.7 Å². The van der Waals surface area contributed by atoms with Crippen LogP contribution in [0.25, 0.3) is 16.4 Å². The minimum Gasteiger partial charge on any atom is -0.489 e. The maximum atomic E-state index is 14.9. The van der Waals surface area contributed by atoms with E-state index in [9.17, 15) is 9.50 Å². The summed E-state index contributed by atoms with van der Waals surface area (Å²) in [4.78, 5) is 7.27. The van der Waals surface area contributed by atoms with Crippen molar-refractivity contribution in [3.8, 4) is 17.4 Å². The van der Waals surface area contributed by atoms with E-state index in [1.807, 2.05) is 13.8 Å². The Morgan fingerprint density at radius 3 is 2.86 bits per heavy atom. The Labute approximate surface area is 165 Å². The van der Waals surface area contributed by atoms with Gasteiger partial charge in [-0.1, -0.05) is 0 Å². The highest BCUT2D eigenvalue weighted by Crippen LogP contribution is 2.34. The molecule has 2 N–H and O–H groups in total. The van der Waals surface area contributed by atoms with Crippen LogP contribution < -0.4 is 9.47 Å². The van der Waals surface area contributed by atoms with E-state index in [4.69, 9.17) is 14.2 Å². The van der Waals surface area contributed by atoms with Crippen molar-refractivity contribution in [2.24, 2.45) is 0 Å². The highest BCUT2D eigenvalue weighted by Gasteiger charge is 2.18. The molecule has 29 heavy (non-hydrogen) atoms. The molecule has 4 aromatic rings. The van der Waals surface area contributed by atoms with Gasteiger partial charge in [-0.05, 0) is 32.0 Å². The summed E-state index contributed by atoms with van der Waals surface area (Å²) in [6.45, 7) is 3.91. The van der Waals surface area contributed by atoms with E-state index in [1.54, 1.807) is 28.9 Å². The summed E-state index contributed by atoms with van der Waals surface area (Å²) in [5, 5.41) is 14.4. The van der Waals surface area contributed by atoms with E-state index >= 15 is 0 Å². The van der Waals surface area contributed by atoms with Gasteiger partial charge in [0.25, 0.3) is 0 Å². The number of hydrogen-bond acceptors (Lipinski definition) is 6. The van der Waals surface area contributed by atoms with Crippen LogP contribution in [-0.2, 0) is 4.74 Å². The second-order valence-corrected chi connectivity index (χ2v) is 6.79. The smallest absolute Gasteiger partial charge is 0.247 e. The van der Waals surface area contributed by atoms with Gasteiger partial charge in [0, 0.05) is 29.3 Å². The lowest BCUT2D eigenvalue weighted by Gasteiger charge is -2.11. The summed E-state index contributed by atoms with van der Waals surface area (Å²) < 4.78 is 32.8. The zero-order valence-corrected chi connectivity index (χ0v) is 16.3. The van der Waals surface area contributed by atoms with Crippen molar-refractivity contribution in [2.45, 2.75) is 20.0 Å². The van der Waals surface area contributed by atoms with Crippen LogP contribution in [-0.4, -0.2) is 51.1 Å². The van der Waals surface area contributed by atoms with Crippen LogP contribution >= 0.6 is 0 Å². The van der Waals surface area contributed by atoms with Crippen LogP contribution in [0, 0.1) is 19.7 Å². The number of fused-ring (bicyclic) bond motifs is 2. The molecule has 0 amide bonds. The van der Waals surface area contributed by atoms with Crippen molar-refractivity contribution in [2.75, 3.05) is 20.3 Å². The minimum atomic E-state index is -0.755. The van der Waals surface area contributed by atoms with Gasteiger partial charge in [-0.2, -0.15) is 10.1 Å². The van der Waals surface area contributed by atoms with Gasteiger partial charge in [0.2, 0.25) is 5.88 Å². The molecular formula is C20H21FN4O4. The summed E-state index contributed by atoms with van der Waals surface area (Å²) in [7, 11) is 1.51. The first-order valence-electron chi connectivity index (χ1n) is 9.06. The molecule has 0 aliphatic carbocycles. The molecule has 0 saturated carbocycles. The van der Waals surface area contributed by atoms with Crippen LogP contribution in [0.2, 0.25) is 0 Å². The highest BCUT2D eigenvalue weighted by molar-refractivity contribution is 5.83. The number of aliphatic hydroxyl groups excluding tert-OH is 1. The quantitative estimate of drug-likeness (QED) is 0.495. The van der Waals surface area contributed by atoms with Gasteiger partial charge in [0.15, 0.2) is 11.6 Å². The summed E-state index contributed by atoms with van der Waals surface area (Å²) in [5.74, 6) is 0.320. The number of aromatic nitrogens is 4. The average molecular weight is 400 g/mol. The number of H-pyrrole nitrogens is 1. The lowest BCUT2D eigenvalue weighted by molar-refractivity contribution is 0.0324. The van der Waals surface area contributed by atoms with Gasteiger partial charge < -0.3 is 24.3 Å². The van der Waals surface area contributed by atoms with Crippen molar-refractivity contribution in [3.63, 3.8) is 0 Å². The van der Waals surface area contributed by atoms with E-state index < -0.39 is 11.9 Å². The Morgan fingerprint density at radius 1 is 1.24 bits per heavy atom. The Kier molecular flexibility index (Phi) is 5.08. The minimum absolute atomic E-state index is 0.0628. The molecule has 3 heterocycles. The summed E-state index contributed by atoms with van der Waals surface area (Å²) in [6.07, 6.45) is 2.23. The van der Waals surface area contributed by atoms with E-state index in [0.717, 1.165) is 5.69 Å². The molecule has 3 aromatic heterocycles. The van der Waals surface area contributed by atoms with Gasteiger partial charge in [0.05, 0.1) is 12.8 Å². The van der Waals surface area contributed by atoms with Crippen molar-refractivity contribution in [3.05, 3.63) is 47.8 Å². The predicted molar refractivity (Wildman–Crippen MR) is 104 cm³/mol. The van der Waals surface area contributed by atoms with E-state index in [1.165, 1.54) is 13.4 Å². The molecule has 9 heteroatoms. The molecule has 1 atom stereocenters. The lowest BCUT2D eigenvalue weighted by atomic mass is 10.2. The number of hydrogen-bond donors (Lipinski definition) is 2. The number of nitrogens with zero attached hydrogens (tertiary/aromatic N) is 3. The molecule has 0 radical (unpaired) electrons. The third-order valence-corrected chi connectivity index (χ3v) is 4.58. The number of benzene rings is 1. The van der Waals surface area contributed by atoms with Crippen molar-refractivity contribution in [1.29, 1.82) is 0 Å². The average Bonchev–Trinajstić information content (AvgIpc) is 3.23. The van der Waals surface area contributed by atoms with E-state index in [-0.39, 0.29) is 24.8 Å². The molecule has 1 unspecified atom stereocenters. The van der Waals surface area contributed by atoms with Crippen molar-refractivity contribution in [1.82, 2.24) is 19.6 Å². The number of nitrogens with one attached hydrogen (secondary N) is 1. The molecule has 0 aliphatic rings. The maximum absolute atomic E-state index is 14.9. The van der Waals surface area contributed by atoms with Crippen molar-refractivity contribution >= 4 is 16.4 Å². The number of aromatic amines is 1. The Hall–Kier alpha value is -3.17. The summed E-state index contributed by atoms with van der Waals surface area (Å²) in [6, 6.07) is 5.05. The highest BCUT2D eigenvalue weighted by atomic mass is 19.1. The molecule has 0 aliphatic heterocycles. The Bertz CT molecular complexity index is 1170. The SMILES string of the molecule is COCC(O)COc1cn2ncnc(Oc3ccc4[nH]c(C)cc4c3F)c2c1C. The largest absolute Gasteiger partial charge is 0.489 e. The van der Waals surface area contributed by atoms with Crippen LogP contribution in [0.3, 0.4) is 0 Å². The summed E-state index contributed by atoms with van der Waals surface area (Å²) in [5.41, 5.74) is 2.82. The fraction of sp³-hybridized carbons (Fsp3) is 0.300. The predicted octanol–water partition coefficient (Wildman–Crippen LogP) is 3.14. The second-order valence-electron chi connectivity index (χ2n) is 6.79. The van der Waals surface area contributed by atoms with Crippen LogP contribution in [0.15, 0.2) is 30.7 Å². The fourth-order valence-electron chi connectivity index (χ4n) is 3.22. The third kappa shape index (κ3) is 3.62. The molecule has 152 valence electrons. The van der Waals surface area contributed by atoms with E-state index in [2.05, 4.69) is 15.1 Å². The van der Waals surface area contributed by atoms with E-state index in [0.29, 0.717) is 27.7 Å². The van der Waals surface area contributed by atoms with Gasteiger partial charge >= 0.3 is 0 Å². The maximum Gasteiger partial charge on any atom is 0.247 e. The number of aliphatic hydroxyl groups is 1. The monoisotopic (exact) mass is 400 g/mol. The topological polar surface area (TPSA) is 93.9 Å². The number of aryl methyl sites for hydroxylation is 2. The molecule has 0 saturated heterocycles. The zero-order valence-electron chi connectivity index (χ0n) is 16.3. The van der Waals surface area contributed by atoms with Gasteiger partial charge in [-0.3, -0.25) is 0 Å². The number of ether oxygens (including phenoxy) is 3. The molecule has 4 rings (SSSR count). The molecular weight excluding hydrogens is 379 g/mol. The Balaban J connectivity index is 1.67. The van der Waals surface area contributed by atoms with Crippen LogP contribution in [0.5, 0.6) is 17.4 Å². The molecule has 0 spiro atoms. The number of halogens is 1. The number of rotatable bonds is 7. The summed E-state index contributed by atoms with van der Waals surface area (Å²) >= 11 is 0. The molecule has 1 aromatic carbocycles. The first kappa shape index (κ1) is 19.2. The van der Waals surface area contributed by atoms with Gasteiger partial charge in [0.1, 0.15) is 30.3 Å². The second kappa shape index (κ2) is 7.69.